The maximum Gasteiger partial charge on any atom is 0.349 e. The Morgan fingerprint density at radius 2 is 1.78 bits per heavy atom. The molecule has 0 aliphatic carbocycles. The van der Waals surface area contributed by atoms with Crippen molar-refractivity contribution < 1.29 is 40.7 Å². The third kappa shape index (κ3) is 7.03. The number of aromatic nitrogens is 3. The number of hydrogen-bond donors (Lipinski definition) is 5. The number of nitrogens with one attached hydrogen (secondary N) is 2. The first-order valence-corrected chi connectivity index (χ1v) is 15.1. The van der Waals surface area contributed by atoms with Crippen LogP contribution in [0.5, 0.6) is 11.5 Å². The van der Waals surface area contributed by atoms with Gasteiger partial charge in [0.2, 0.25) is 5.95 Å². The molecule has 1 atom stereocenters. The van der Waals surface area contributed by atoms with Crippen molar-refractivity contribution >= 4 is 61.2 Å². The van der Waals surface area contributed by atoms with Crippen LogP contribution in [-0.2, 0) is 32.2 Å². The molecule has 46 heavy (non-hydrogen) atoms. The van der Waals surface area contributed by atoms with Crippen LogP contribution in [0.1, 0.15) is 21.7 Å². The molecule has 1 unspecified atom stereocenters. The van der Waals surface area contributed by atoms with Gasteiger partial charge in [0, 0.05) is 11.8 Å². The molecule has 0 amide bonds. The van der Waals surface area contributed by atoms with E-state index in [-0.39, 0.29) is 45.9 Å². The number of phenolic OH excluding ortho intramolecular Hbond substituents is 1. The van der Waals surface area contributed by atoms with E-state index in [9.17, 15) is 37.0 Å². The van der Waals surface area contributed by atoms with Gasteiger partial charge in [0.05, 0.1) is 16.1 Å². The predicted octanol–water partition coefficient (Wildman–Crippen LogP) is 3.22. The van der Waals surface area contributed by atoms with E-state index >= 15 is 0 Å². The normalized spacial score (nSPS) is 12.3. The number of aromatic hydroxyl groups is 1. The zero-order chi connectivity index (χ0) is 33.0. The molecule has 0 saturated heterocycles. The summed E-state index contributed by atoms with van der Waals surface area (Å²) >= 11 is -3.21. The summed E-state index contributed by atoms with van der Waals surface area (Å²) in [6.45, 7) is 0. The Hall–Kier alpha value is -5.60. The summed E-state index contributed by atoms with van der Waals surface area (Å²) in [5.41, 5.74) is -1.20. The van der Waals surface area contributed by atoms with Gasteiger partial charge >= 0.3 is 21.8 Å². The second-order valence-electron chi connectivity index (χ2n) is 9.21. The summed E-state index contributed by atoms with van der Waals surface area (Å²) in [6.07, 6.45) is 0.199. The van der Waals surface area contributed by atoms with Crippen molar-refractivity contribution in [1.29, 1.82) is 0 Å². The topological polar surface area (TPSA) is 272 Å². The minimum atomic E-state index is -4.59. The average molecular weight is 667 g/mol. The van der Waals surface area contributed by atoms with Crippen molar-refractivity contribution in [2.24, 2.45) is 16.1 Å². The average Bonchev–Trinajstić information content (AvgIpc) is 3.00. The maximum absolute atomic E-state index is 12.6. The van der Waals surface area contributed by atoms with Crippen LogP contribution in [0, 0.1) is 0 Å². The van der Waals surface area contributed by atoms with Gasteiger partial charge in [0.15, 0.2) is 17.2 Å². The van der Waals surface area contributed by atoms with Crippen molar-refractivity contribution in [2.75, 3.05) is 5.32 Å². The SMILES string of the molecule is NOS(=O)(=O)c1cc(Nc2nc(Cc3ccccc3)[nH]c(=O)n2)c2c(O)c(N=Nc3ccccc3C(=O)O)c(OS(=O)[O-])cc2c1. The van der Waals surface area contributed by atoms with Crippen LogP contribution in [0.15, 0.2) is 92.7 Å². The minimum absolute atomic E-state index is 0.141. The van der Waals surface area contributed by atoms with E-state index in [4.69, 9.17) is 10.1 Å². The van der Waals surface area contributed by atoms with Gasteiger partial charge < -0.3 is 24.3 Å². The Morgan fingerprint density at radius 3 is 2.48 bits per heavy atom. The zero-order valence-electron chi connectivity index (χ0n) is 23.0. The van der Waals surface area contributed by atoms with Gasteiger partial charge in [-0.1, -0.05) is 42.5 Å². The molecule has 0 saturated carbocycles. The molecule has 5 rings (SSSR count). The van der Waals surface area contributed by atoms with Crippen LogP contribution in [0.25, 0.3) is 10.8 Å². The maximum atomic E-state index is 12.6. The summed E-state index contributed by atoms with van der Waals surface area (Å²) in [5, 5.41) is 31.0. The van der Waals surface area contributed by atoms with Gasteiger partial charge in [-0.25, -0.2) is 13.8 Å². The van der Waals surface area contributed by atoms with E-state index in [0.717, 1.165) is 23.8 Å². The first-order chi connectivity index (χ1) is 21.9. The second kappa shape index (κ2) is 13.2. The number of hydrogen-bond acceptors (Lipinski definition) is 15. The molecular weight excluding hydrogens is 646 g/mol. The smallest absolute Gasteiger partial charge is 0.349 e. The first-order valence-electron chi connectivity index (χ1n) is 12.7. The van der Waals surface area contributed by atoms with Gasteiger partial charge in [0.25, 0.3) is 0 Å². The fourth-order valence-corrected chi connectivity index (χ4v) is 5.23. The number of nitrogens with zero attached hydrogens (tertiary/aromatic N) is 4. The van der Waals surface area contributed by atoms with Crippen LogP contribution < -0.4 is 21.1 Å². The van der Waals surface area contributed by atoms with Crippen LogP contribution in [0.2, 0.25) is 0 Å². The van der Waals surface area contributed by atoms with Crippen molar-refractivity contribution in [3.8, 4) is 11.5 Å². The molecule has 0 bridgehead atoms. The predicted molar refractivity (Wildman–Crippen MR) is 160 cm³/mol. The number of benzene rings is 4. The molecule has 19 heteroatoms. The molecular formula is C27H20N7O10S2-. The second-order valence-corrected chi connectivity index (χ2v) is 11.4. The molecule has 0 radical (unpaired) electrons. The number of carboxylic acids is 1. The van der Waals surface area contributed by atoms with E-state index in [1.54, 1.807) is 24.3 Å². The standard InChI is InChI=1S/C27H21N7O10S2/c28-44-46(41,42)16-11-15-12-20(43-45(39)40)23(34-33-18-9-5-4-8-17(18)25(36)37)24(35)22(15)19(13-16)29-26-30-21(31-27(38)32-26)10-14-6-2-1-3-7-14/h1-9,11-13,35H,10,28H2,(H,36,37)(H,39,40)(H2,29,30,31,32,38)/p-1. The molecule has 0 aliphatic rings. The summed E-state index contributed by atoms with van der Waals surface area (Å²) in [7, 11) is -4.59. The van der Waals surface area contributed by atoms with Crippen LogP contribution in [0.3, 0.4) is 0 Å². The highest BCUT2D eigenvalue weighted by molar-refractivity contribution is 7.86. The monoisotopic (exact) mass is 666 g/mol. The number of carboxylic acid groups (broad SMARTS) is 1. The third-order valence-corrected chi connectivity index (χ3v) is 7.63. The van der Waals surface area contributed by atoms with Crippen LogP contribution in [-0.4, -0.2) is 48.3 Å². The lowest BCUT2D eigenvalue weighted by Crippen LogP contribution is -2.18. The summed E-state index contributed by atoms with van der Waals surface area (Å²) in [4.78, 5) is 34.1. The van der Waals surface area contributed by atoms with Crippen molar-refractivity contribution in [3.05, 3.63) is 100 Å². The number of fused-ring (bicyclic) bond motifs is 1. The highest BCUT2D eigenvalue weighted by Gasteiger charge is 2.24. The van der Waals surface area contributed by atoms with E-state index in [0.29, 0.717) is 0 Å². The Morgan fingerprint density at radius 1 is 1.07 bits per heavy atom. The molecule has 6 N–H and O–H groups in total. The minimum Gasteiger partial charge on any atom is -0.740 e. The number of azo groups is 1. The molecule has 0 aliphatic heterocycles. The number of nitrogens with two attached hydrogens (primary N) is 1. The molecule has 236 valence electrons. The Bertz CT molecular complexity index is 2190. The fraction of sp³-hybridized carbons (Fsp3) is 0.0370. The van der Waals surface area contributed by atoms with E-state index in [2.05, 4.69) is 34.8 Å². The Kier molecular flexibility index (Phi) is 9.11. The third-order valence-electron chi connectivity index (χ3n) is 6.25. The number of H-pyrrole nitrogens is 1. The Balaban J connectivity index is 1.71. The van der Waals surface area contributed by atoms with Gasteiger partial charge in [-0.15, -0.1) is 10.2 Å². The fourth-order valence-electron chi connectivity index (χ4n) is 4.31. The lowest BCUT2D eigenvalue weighted by molar-refractivity contribution is 0.0697. The van der Waals surface area contributed by atoms with Crippen LogP contribution in [0.4, 0.5) is 23.0 Å². The van der Waals surface area contributed by atoms with E-state index in [1.165, 1.54) is 24.3 Å². The number of carbonyl (C=O) groups is 1. The highest BCUT2D eigenvalue weighted by Crippen LogP contribution is 2.47. The summed E-state index contributed by atoms with van der Waals surface area (Å²) in [5.74, 6) is 2.13. The number of rotatable bonds is 11. The van der Waals surface area contributed by atoms with Crippen molar-refractivity contribution in [2.45, 2.75) is 11.3 Å². The highest BCUT2D eigenvalue weighted by atomic mass is 32.2. The number of aromatic carboxylic acids is 1. The lowest BCUT2D eigenvalue weighted by Gasteiger charge is -2.16. The number of anilines is 2. The number of aromatic amines is 1. The quantitative estimate of drug-likeness (QED) is 0.0769. The molecule has 1 aromatic heterocycles. The molecule has 17 nitrogen and oxygen atoms in total. The Labute approximate surface area is 261 Å². The zero-order valence-corrected chi connectivity index (χ0v) is 24.6. The molecule has 5 aromatic rings. The van der Waals surface area contributed by atoms with Gasteiger partial charge in [0.1, 0.15) is 22.9 Å². The molecule has 0 spiro atoms. The van der Waals surface area contributed by atoms with Crippen molar-refractivity contribution in [3.63, 3.8) is 0 Å². The van der Waals surface area contributed by atoms with Crippen molar-refractivity contribution in [1.82, 2.24) is 15.0 Å². The first kappa shape index (κ1) is 31.8. The van der Waals surface area contributed by atoms with E-state index < -0.39 is 55.2 Å². The molecule has 1 heterocycles. The van der Waals surface area contributed by atoms with Gasteiger partial charge in [-0.2, -0.15) is 28.6 Å². The van der Waals surface area contributed by atoms with E-state index in [1.807, 2.05) is 6.07 Å². The van der Waals surface area contributed by atoms with Gasteiger partial charge in [-0.3, -0.25) is 4.98 Å². The number of phenols is 1. The van der Waals surface area contributed by atoms with Crippen LogP contribution >= 0.6 is 0 Å². The molecule has 0 fully saturated rings. The largest absolute Gasteiger partial charge is 0.740 e. The molecule has 4 aromatic carbocycles. The summed E-state index contributed by atoms with van der Waals surface area (Å²) in [6, 6.07) is 17.5. The summed E-state index contributed by atoms with van der Waals surface area (Å²) < 4.78 is 57.1. The van der Waals surface area contributed by atoms with Gasteiger partial charge in [-0.05, 0) is 41.3 Å². The lowest BCUT2D eigenvalue weighted by atomic mass is 10.1.